The number of urea groups is 1. The molecule has 3 amide bonds. The predicted octanol–water partition coefficient (Wildman–Crippen LogP) is 2.39. The van der Waals surface area contributed by atoms with Crippen molar-refractivity contribution in [3.8, 4) is 0 Å². The molecular weight excluding hydrogens is 316 g/mol. The number of amidine groups is 1. The van der Waals surface area contributed by atoms with Gasteiger partial charge in [-0.1, -0.05) is 19.8 Å². The summed E-state index contributed by atoms with van der Waals surface area (Å²) in [6.45, 7) is 6.23. The van der Waals surface area contributed by atoms with Gasteiger partial charge in [0.15, 0.2) is 0 Å². The molecular formula is C19H30N4O2. The molecule has 138 valence electrons. The number of hydrogen-bond acceptors (Lipinski definition) is 3. The molecule has 0 bridgehead atoms. The van der Waals surface area contributed by atoms with E-state index >= 15 is 0 Å². The number of carbonyl (C=O) groups is 2. The maximum atomic E-state index is 13.1. The fourth-order valence-corrected chi connectivity index (χ4v) is 5.49. The zero-order valence-electron chi connectivity index (χ0n) is 15.5. The molecule has 2 saturated carbocycles. The number of hydrogen-bond donors (Lipinski definition) is 1. The van der Waals surface area contributed by atoms with Gasteiger partial charge in [0.2, 0.25) is 0 Å². The van der Waals surface area contributed by atoms with Gasteiger partial charge in [-0.05, 0) is 38.5 Å². The largest absolute Gasteiger partial charge is 0.335 e. The van der Waals surface area contributed by atoms with Crippen molar-refractivity contribution in [1.82, 2.24) is 15.1 Å². The molecule has 1 spiro atoms. The van der Waals surface area contributed by atoms with E-state index < -0.39 is 5.54 Å². The summed E-state index contributed by atoms with van der Waals surface area (Å²) < 4.78 is 0. The van der Waals surface area contributed by atoms with Crippen molar-refractivity contribution in [2.75, 3.05) is 19.6 Å². The second-order valence-electron chi connectivity index (χ2n) is 8.10. The molecule has 0 unspecified atom stereocenters. The van der Waals surface area contributed by atoms with Crippen molar-refractivity contribution >= 4 is 17.8 Å². The van der Waals surface area contributed by atoms with Crippen LogP contribution in [-0.4, -0.2) is 58.8 Å². The van der Waals surface area contributed by atoms with Crippen LogP contribution in [0.5, 0.6) is 0 Å². The third-order valence-electron chi connectivity index (χ3n) is 6.81. The number of nitrogens with one attached hydrogen (secondary N) is 1. The lowest BCUT2D eigenvalue weighted by atomic mass is 9.85. The first-order valence-corrected chi connectivity index (χ1v) is 10.0. The zero-order valence-corrected chi connectivity index (χ0v) is 15.5. The Morgan fingerprint density at radius 3 is 2.64 bits per heavy atom. The monoisotopic (exact) mass is 346 g/mol. The summed E-state index contributed by atoms with van der Waals surface area (Å²) in [7, 11) is 0. The normalized spacial score (nSPS) is 35.0. The molecule has 4 rings (SSSR count). The summed E-state index contributed by atoms with van der Waals surface area (Å²) in [5.41, 5.74) is -0.589. The van der Waals surface area contributed by atoms with Crippen LogP contribution in [0, 0.1) is 11.8 Å². The van der Waals surface area contributed by atoms with E-state index in [9.17, 15) is 9.59 Å². The van der Waals surface area contributed by atoms with Crippen molar-refractivity contribution in [2.24, 2.45) is 16.8 Å². The Bertz CT molecular complexity index is 598. The molecule has 2 aliphatic heterocycles. The number of fused-ring (bicyclic) bond motifs is 2. The Kier molecular flexibility index (Phi) is 4.24. The summed E-state index contributed by atoms with van der Waals surface area (Å²) in [6.07, 6.45) is 7.28. The van der Waals surface area contributed by atoms with Crippen LogP contribution in [0.25, 0.3) is 0 Å². The summed E-state index contributed by atoms with van der Waals surface area (Å²) in [5, 5.41) is 3.20. The molecule has 25 heavy (non-hydrogen) atoms. The van der Waals surface area contributed by atoms with Gasteiger partial charge in [0.05, 0.1) is 0 Å². The fourth-order valence-electron chi connectivity index (χ4n) is 5.49. The molecule has 1 saturated heterocycles. The van der Waals surface area contributed by atoms with Gasteiger partial charge in [-0.2, -0.15) is 0 Å². The molecule has 3 fully saturated rings. The molecule has 1 N–H and O–H groups in total. The molecule has 6 heteroatoms. The Labute approximate surface area is 150 Å². The standard InChI is InChI=1S/C19H30N4O2/c1-3-16-21-19(17(24)23(16)4-2)10-9-13-11-22(12-15(13)19)18(25)20-14-7-5-6-8-14/h13-15H,3-12H2,1-2H3,(H,20,25)/t13-,15-,19-/m1/s1. The summed E-state index contributed by atoms with van der Waals surface area (Å²) in [5.74, 6) is 1.71. The average molecular weight is 346 g/mol. The SMILES string of the molecule is CCC1=N[C@@]2(CC[C@@H]3CN(C(=O)NC4CCCC4)C[C@H]32)C(=O)N1CC. The third-order valence-corrected chi connectivity index (χ3v) is 6.81. The first kappa shape index (κ1) is 16.9. The highest BCUT2D eigenvalue weighted by atomic mass is 16.2. The predicted molar refractivity (Wildman–Crippen MR) is 96.4 cm³/mol. The molecule has 0 radical (unpaired) electrons. The van der Waals surface area contributed by atoms with Gasteiger partial charge in [-0.25, -0.2) is 4.79 Å². The number of aliphatic imine (C=N–C) groups is 1. The minimum Gasteiger partial charge on any atom is -0.335 e. The number of carbonyl (C=O) groups excluding carboxylic acids is 2. The van der Waals surface area contributed by atoms with Gasteiger partial charge in [0.25, 0.3) is 5.91 Å². The van der Waals surface area contributed by atoms with Crippen LogP contribution in [0.2, 0.25) is 0 Å². The van der Waals surface area contributed by atoms with Crippen molar-refractivity contribution < 1.29 is 9.59 Å². The molecule has 2 heterocycles. The Balaban J connectivity index is 1.49. The van der Waals surface area contributed by atoms with Crippen LogP contribution in [0.3, 0.4) is 0 Å². The van der Waals surface area contributed by atoms with Crippen molar-refractivity contribution in [1.29, 1.82) is 0 Å². The van der Waals surface area contributed by atoms with Gasteiger partial charge in [-0.15, -0.1) is 0 Å². The van der Waals surface area contributed by atoms with E-state index in [-0.39, 0.29) is 17.9 Å². The lowest BCUT2D eigenvalue weighted by Gasteiger charge is -2.28. The second-order valence-corrected chi connectivity index (χ2v) is 8.10. The Hall–Kier alpha value is -1.59. The smallest absolute Gasteiger partial charge is 0.317 e. The molecule has 3 atom stereocenters. The molecule has 0 aromatic carbocycles. The third kappa shape index (κ3) is 2.56. The maximum absolute atomic E-state index is 13.1. The van der Waals surface area contributed by atoms with Gasteiger partial charge >= 0.3 is 6.03 Å². The van der Waals surface area contributed by atoms with E-state index in [4.69, 9.17) is 4.99 Å². The van der Waals surface area contributed by atoms with E-state index in [0.29, 0.717) is 25.0 Å². The summed E-state index contributed by atoms with van der Waals surface area (Å²) in [6, 6.07) is 0.407. The molecule has 2 aliphatic carbocycles. The quantitative estimate of drug-likeness (QED) is 0.853. The topological polar surface area (TPSA) is 65.0 Å². The Morgan fingerprint density at radius 1 is 1.24 bits per heavy atom. The number of amides is 3. The van der Waals surface area contributed by atoms with Gasteiger partial charge < -0.3 is 10.2 Å². The number of likely N-dealkylation sites (tertiary alicyclic amines) is 1. The van der Waals surface area contributed by atoms with Gasteiger partial charge in [-0.3, -0.25) is 14.7 Å². The lowest BCUT2D eigenvalue weighted by Crippen LogP contribution is -2.48. The van der Waals surface area contributed by atoms with E-state index in [1.165, 1.54) is 12.8 Å². The number of nitrogens with zero attached hydrogens (tertiary/aromatic N) is 3. The summed E-state index contributed by atoms with van der Waals surface area (Å²) in [4.78, 5) is 34.5. The van der Waals surface area contributed by atoms with E-state index in [2.05, 4.69) is 12.2 Å². The second kappa shape index (κ2) is 6.29. The van der Waals surface area contributed by atoms with Crippen LogP contribution in [-0.2, 0) is 4.79 Å². The minimum atomic E-state index is -0.589. The van der Waals surface area contributed by atoms with Gasteiger partial charge in [0, 0.05) is 38.0 Å². The Morgan fingerprint density at radius 2 is 2.00 bits per heavy atom. The molecule has 0 aromatic rings. The van der Waals surface area contributed by atoms with Crippen LogP contribution >= 0.6 is 0 Å². The van der Waals surface area contributed by atoms with E-state index in [1.54, 1.807) is 0 Å². The molecule has 4 aliphatic rings. The van der Waals surface area contributed by atoms with Crippen molar-refractivity contribution in [3.05, 3.63) is 0 Å². The van der Waals surface area contributed by atoms with Crippen LogP contribution in [0.15, 0.2) is 4.99 Å². The van der Waals surface area contributed by atoms with E-state index in [0.717, 1.165) is 44.5 Å². The van der Waals surface area contributed by atoms with Crippen LogP contribution in [0.1, 0.15) is 58.8 Å². The highest BCUT2D eigenvalue weighted by molar-refractivity contribution is 6.08. The average Bonchev–Trinajstić information content (AvgIpc) is 3.35. The first-order chi connectivity index (χ1) is 12.1. The van der Waals surface area contributed by atoms with Crippen LogP contribution < -0.4 is 5.32 Å². The molecule has 0 aromatic heterocycles. The fraction of sp³-hybridized carbons (Fsp3) is 0.842. The van der Waals surface area contributed by atoms with Crippen molar-refractivity contribution in [3.63, 3.8) is 0 Å². The lowest BCUT2D eigenvalue weighted by molar-refractivity contribution is -0.132. The van der Waals surface area contributed by atoms with E-state index in [1.807, 2.05) is 16.7 Å². The number of rotatable bonds is 3. The highest BCUT2D eigenvalue weighted by Crippen LogP contribution is 2.50. The molecule has 6 nitrogen and oxygen atoms in total. The highest BCUT2D eigenvalue weighted by Gasteiger charge is 2.61. The van der Waals surface area contributed by atoms with Crippen molar-refractivity contribution in [2.45, 2.75) is 70.4 Å². The summed E-state index contributed by atoms with van der Waals surface area (Å²) >= 11 is 0. The minimum absolute atomic E-state index is 0.0638. The zero-order chi connectivity index (χ0) is 17.6. The van der Waals surface area contributed by atoms with Gasteiger partial charge in [0.1, 0.15) is 11.4 Å². The first-order valence-electron chi connectivity index (χ1n) is 10.0. The maximum Gasteiger partial charge on any atom is 0.317 e. The number of likely N-dealkylation sites (N-methyl/N-ethyl adjacent to an activating group) is 1. The van der Waals surface area contributed by atoms with Crippen LogP contribution in [0.4, 0.5) is 4.79 Å².